The number of nitrogens with zero attached hydrogens (tertiary/aromatic N) is 1. The summed E-state index contributed by atoms with van der Waals surface area (Å²) < 4.78 is 16.1. The van der Waals surface area contributed by atoms with E-state index < -0.39 is 17.9 Å². The Labute approximate surface area is 177 Å². The second-order valence-electron chi connectivity index (χ2n) is 5.71. The molecule has 2 rings (SSSR count). The van der Waals surface area contributed by atoms with Gasteiger partial charge in [-0.15, -0.1) is 0 Å². The van der Waals surface area contributed by atoms with E-state index in [1.807, 2.05) is 6.07 Å². The molecular weight excluding hydrogens is 440 g/mol. The minimum atomic E-state index is -0.929. The zero-order chi connectivity index (χ0) is 21.2. The Morgan fingerprint density at radius 3 is 2.52 bits per heavy atom. The molecule has 0 aliphatic rings. The number of hydrogen-bond acceptors (Lipinski definition) is 6. The normalized spacial score (nSPS) is 11.4. The van der Waals surface area contributed by atoms with Crippen LogP contribution in [0.5, 0.6) is 11.5 Å². The molecule has 1 unspecified atom stereocenters. The van der Waals surface area contributed by atoms with E-state index in [1.54, 1.807) is 48.5 Å². The smallest absolute Gasteiger partial charge is 0.333 e. The number of halogens is 1. The number of rotatable bonds is 8. The maximum absolute atomic E-state index is 12.3. The standard InChI is InChI=1S/C21H19BrN2O5/c1-27-18-13-14(3-9-17(18)29-12-11-23)4-10-19(25)24-20(21(26)28-2)15-5-7-16(22)8-6-15/h3-10,13,20H,12H2,1-2H3,(H,24,25)/b10-4+. The van der Waals surface area contributed by atoms with E-state index in [1.165, 1.54) is 20.3 Å². The van der Waals surface area contributed by atoms with Gasteiger partial charge in [0.2, 0.25) is 5.91 Å². The Morgan fingerprint density at radius 1 is 1.17 bits per heavy atom. The van der Waals surface area contributed by atoms with Crippen LogP contribution in [-0.4, -0.2) is 32.7 Å². The fourth-order valence-electron chi connectivity index (χ4n) is 2.43. The van der Waals surface area contributed by atoms with Gasteiger partial charge in [-0.05, 0) is 41.5 Å². The number of methoxy groups -OCH3 is 2. The first-order chi connectivity index (χ1) is 14.0. The van der Waals surface area contributed by atoms with Crippen molar-refractivity contribution in [2.45, 2.75) is 6.04 Å². The molecule has 0 bridgehead atoms. The minimum Gasteiger partial charge on any atom is -0.493 e. The van der Waals surface area contributed by atoms with Crippen LogP contribution < -0.4 is 14.8 Å². The molecule has 29 heavy (non-hydrogen) atoms. The summed E-state index contributed by atoms with van der Waals surface area (Å²) in [4.78, 5) is 24.4. The summed E-state index contributed by atoms with van der Waals surface area (Å²) in [7, 11) is 2.74. The highest BCUT2D eigenvalue weighted by Gasteiger charge is 2.22. The van der Waals surface area contributed by atoms with Crippen molar-refractivity contribution >= 4 is 33.9 Å². The van der Waals surface area contributed by atoms with Crippen LogP contribution >= 0.6 is 15.9 Å². The Kier molecular flexibility index (Phi) is 8.25. The molecule has 2 aromatic carbocycles. The molecular formula is C21H19BrN2O5. The number of nitrogens with one attached hydrogen (secondary N) is 1. The van der Waals surface area contributed by atoms with Gasteiger partial charge in [0.15, 0.2) is 24.1 Å². The largest absolute Gasteiger partial charge is 0.493 e. The third kappa shape index (κ3) is 6.36. The van der Waals surface area contributed by atoms with E-state index in [0.717, 1.165) is 4.47 Å². The van der Waals surface area contributed by atoms with Crippen LogP contribution in [0.3, 0.4) is 0 Å². The van der Waals surface area contributed by atoms with Crippen LogP contribution in [0.4, 0.5) is 0 Å². The quantitative estimate of drug-likeness (QED) is 0.480. The summed E-state index contributed by atoms with van der Waals surface area (Å²) in [5, 5.41) is 11.2. The molecule has 8 heteroatoms. The molecule has 7 nitrogen and oxygen atoms in total. The molecule has 0 heterocycles. The van der Waals surface area contributed by atoms with Crippen molar-refractivity contribution in [3.63, 3.8) is 0 Å². The maximum atomic E-state index is 12.3. The average molecular weight is 459 g/mol. The SMILES string of the molecule is COC(=O)C(NC(=O)/C=C/c1ccc(OCC#N)c(OC)c1)c1ccc(Br)cc1. The van der Waals surface area contributed by atoms with E-state index in [9.17, 15) is 9.59 Å². The van der Waals surface area contributed by atoms with E-state index >= 15 is 0 Å². The third-order valence-corrected chi connectivity index (χ3v) is 4.36. The second kappa shape index (κ2) is 10.9. The number of hydrogen-bond donors (Lipinski definition) is 1. The van der Waals surface area contributed by atoms with Crippen molar-refractivity contribution in [2.75, 3.05) is 20.8 Å². The summed E-state index contributed by atoms with van der Waals surface area (Å²) in [5.41, 5.74) is 1.28. The monoisotopic (exact) mass is 458 g/mol. The van der Waals surface area contributed by atoms with Crippen molar-refractivity contribution in [1.29, 1.82) is 5.26 Å². The van der Waals surface area contributed by atoms with Crippen molar-refractivity contribution in [3.05, 3.63) is 64.1 Å². The van der Waals surface area contributed by atoms with Crippen molar-refractivity contribution in [2.24, 2.45) is 0 Å². The Hall–Kier alpha value is -3.31. The van der Waals surface area contributed by atoms with Crippen LogP contribution in [0.25, 0.3) is 6.08 Å². The molecule has 0 saturated heterocycles. The van der Waals surface area contributed by atoms with Crippen LogP contribution in [0.15, 0.2) is 53.0 Å². The molecule has 0 saturated carbocycles. The number of carbonyl (C=O) groups is 2. The van der Waals surface area contributed by atoms with Crippen LogP contribution in [0, 0.1) is 11.3 Å². The zero-order valence-electron chi connectivity index (χ0n) is 15.8. The molecule has 0 aliphatic heterocycles. The molecule has 1 atom stereocenters. The molecule has 0 radical (unpaired) electrons. The van der Waals surface area contributed by atoms with Gasteiger partial charge in [0.1, 0.15) is 6.07 Å². The number of ether oxygens (including phenoxy) is 3. The molecule has 0 fully saturated rings. The fraction of sp³-hybridized carbons (Fsp3) is 0.190. The lowest BCUT2D eigenvalue weighted by Crippen LogP contribution is -2.33. The van der Waals surface area contributed by atoms with Crippen molar-refractivity contribution in [1.82, 2.24) is 5.32 Å². The predicted molar refractivity (Wildman–Crippen MR) is 110 cm³/mol. The number of benzene rings is 2. The highest BCUT2D eigenvalue weighted by atomic mass is 79.9. The molecule has 1 N–H and O–H groups in total. The summed E-state index contributed by atoms with van der Waals surface area (Å²) in [6.45, 7) is -0.0983. The molecule has 0 spiro atoms. The first kappa shape index (κ1) is 22.0. The summed E-state index contributed by atoms with van der Waals surface area (Å²) in [6.07, 6.45) is 2.88. The van der Waals surface area contributed by atoms with Gasteiger partial charge in [-0.25, -0.2) is 4.79 Å². The highest BCUT2D eigenvalue weighted by molar-refractivity contribution is 9.10. The lowest BCUT2D eigenvalue weighted by molar-refractivity contribution is -0.144. The number of nitriles is 1. The predicted octanol–water partition coefficient (Wildman–Crippen LogP) is 3.40. The van der Waals surface area contributed by atoms with Gasteiger partial charge < -0.3 is 19.5 Å². The summed E-state index contributed by atoms with van der Waals surface area (Å²) in [6, 6.07) is 13.0. The van der Waals surface area contributed by atoms with Crippen molar-refractivity contribution in [3.8, 4) is 17.6 Å². The fourth-order valence-corrected chi connectivity index (χ4v) is 2.70. The summed E-state index contributed by atoms with van der Waals surface area (Å²) >= 11 is 3.33. The zero-order valence-corrected chi connectivity index (χ0v) is 17.4. The van der Waals surface area contributed by atoms with Gasteiger partial charge in [0.05, 0.1) is 14.2 Å². The van der Waals surface area contributed by atoms with Crippen LogP contribution in [0.2, 0.25) is 0 Å². The molecule has 2 aromatic rings. The number of amides is 1. The van der Waals surface area contributed by atoms with E-state index in [0.29, 0.717) is 22.6 Å². The topological polar surface area (TPSA) is 97.6 Å². The second-order valence-corrected chi connectivity index (χ2v) is 6.62. The van der Waals surface area contributed by atoms with E-state index in [-0.39, 0.29) is 6.61 Å². The van der Waals surface area contributed by atoms with Gasteiger partial charge >= 0.3 is 5.97 Å². The maximum Gasteiger partial charge on any atom is 0.333 e. The minimum absolute atomic E-state index is 0.0983. The van der Waals surface area contributed by atoms with Gasteiger partial charge in [-0.1, -0.05) is 34.1 Å². The summed E-state index contributed by atoms with van der Waals surface area (Å²) in [5.74, 6) is -0.177. The van der Waals surface area contributed by atoms with E-state index in [4.69, 9.17) is 19.5 Å². The molecule has 0 aliphatic carbocycles. The van der Waals surface area contributed by atoms with Gasteiger partial charge in [0.25, 0.3) is 0 Å². The van der Waals surface area contributed by atoms with Gasteiger partial charge in [-0.2, -0.15) is 5.26 Å². The average Bonchev–Trinajstić information content (AvgIpc) is 2.75. The number of carbonyl (C=O) groups excluding carboxylic acids is 2. The Morgan fingerprint density at radius 2 is 1.90 bits per heavy atom. The number of esters is 1. The van der Waals surface area contributed by atoms with Crippen molar-refractivity contribution < 1.29 is 23.8 Å². The lowest BCUT2D eigenvalue weighted by Gasteiger charge is -2.16. The lowest BCUT2D eigenvalue weighted by atomic mass is 10.1. The Bertz CT molecular complexity index is 935. The van der Waals surface area contributed by atoms with Gasteiger partial charge in [0, 0.05) is 10.5 Å². The molecule has 0 aromatic heterocycles. The first-order valence-electron chi connectivity index (χ1n) is 8.48. The van der Waals surface area contributed by atoms with Crippen LogP contribution in [-0.2, 0) is 14.3 Å². The van der Waals surface area contributed by atoms with Gasteiger partial charge in [-0.3, -0.25) is 4.79 Å². The molecule has 1 amide bonds. The van der Waals surface area contributed by atoms with Crippen LogP contribution in [0.1, 0.15) is 17.2 Å². The van der Waals surface area contributed by atoms with E-state index in [2.05, 4.69) is 21.2 Å². The third-order valence-electron chi connectivity index (χ3n) is 3.83. The first-order valence-corrected chi connectivity index (χ1v) is 9.27. The molecule has 150 valence electrons. The Balaban J connectivity index is 2.13. The highest BCUT2D eigenvalue weighted by Crippen LogP contribution is 2.28.